The largest absolute Gasteiger partial charge is 0.493 e. The molecule has 0 saturated carbocycles. The molecule has 1 N–H and O–H groups in total. The average molecular weight is 317 g/mol. The number of nitrogens with one attached hydrogen (secondary N) is 1. The van der Waals surface area contributed by atoms with Crippen LogP contribution in [0.2, 0.25) is 0 Å². The molecule has 0 aromatic heterocycles. The third-order valence-electron chi connectivity index (χ3n) is 3.03. The lowest BCUT2D eigenvalue weighted by atomic mass is 10.3. The van der Waals surface area contributed by atoms with Crippen LogP contribution in [0.3, 0.4) is 0 Å². The van der Waals surface area contributed by atoms with E-state index in [4.69, 9.17) is 18.9 Å². The first kappa shape index (κ1) is 16.0. The topological polar surface area (TPSA) is 83.1 Å². The van der Waals surface area contributed by atoms with Crippen LogP contribution in [0, 0.1) is 0 Å². The van der Waals surface area contributed by atoms with E-state index >= 15 is 0 Å². The molecule has 0 atom stereocenters. The Morgan fingerprint density at radius 2 is 1.86 bits per heavy atom. The van der Waals surface area contributed by atoms with Crippen LogP contribution in [0.5, 0.6) is 11.5 Å². The molecule has 0 aliphatic carbocycles. The summed E-state index contributed by atoms with van der Waals surface area (Å²) < 4.78 is 47.5. The molecule has 8 heteroatoms. The molecule has 1 fully saturated rings. The number of benzene rings is 1. The minimum atomic E-state index is -3.61. The van der Waals surface area contributed by atoms with E-state index in [0.29, 0.717) is 31.1 Å². The average Bonchev–Trinajstić information content (AvgIpc) is 2.99. The van der Waals surface area contributed by atoms with Gasteiger partial charge in [-0.3, -0.25) is 0 Å². The van der Waals surface area contributed by atoms with Crippen LogP contribution in [0.15, 0.2) is 23.1 Å². The van der Waals surface area contributed by atoms with Gasteiger partial charge in [-0.15, -0.1) is 0 Å². The molecule has 21 heavy (non-hydrogen) atoms. The van der Waals surface area contributed by atoms with E-state index < -0.39 is 10.0 Å². The van der Waals surface area contributed by atoms with Crippen molar-refractivity contribution in [2.45, 2.75) is 17.6 Å². The van der Waals surface area contributed by atoms with Crippen molar-refractivity contribution in [2.75, 3.05) is 34.0 Å². The minimum Gasteiger partial charge on any atom is -0.493 e. The van der Waals surface area contributed by atoms with Crippen molar-refractivity contribution in [3.63, 3.8) is 0 Å². The third kappa shape index (κ3) is 4.07. The number of rotatable bonds is 7. The molecule has 0 spiro atoms. The fourth-order valence-corrected chi connectivity index (χ4v) is 3.01. The molecule has 0 radical (unpaired) electrons. The molecule has 0 bridgehead atoms. The summed E-state index contributed by atoms with van der Waals surface area (Å²) in [5.74, 6) is 0.840. The highest BCUT2D eigenvalue weighted by Gasteiger charge is 2.19. The fraction of sp³-hybridized carbons (Fsp3) is 0.538. The van der Waals surface area contributed by atoms with Crippen molar-refractivity contribution in [3.8, 4) is 11.5 Å². The van der Waals surface area contributed by atoms with Gasteiger partial charge in [0.25, 0.3) is 0 Å². The van der Waals surface area contributed by atoms with E-state index in [-0.39, 0.29) is 17.7 Å². The summed E-state index contributed by atoms with van der Waals surface area (Å²) in [6.07, 6.45) is 0.130. The van der Waals surface area contributed by atoms with Gasteiger partial charge in [-0.2, -0.15) is 0 Å². The second-order valence-electron chi connectivity index (χ2n) is 4.37. The number of ether oxygens (including phenoxy) is 4. The maximum Gasteiger partial charge on any atom is 0.240 e. The minimum absolute atomic E-state index is 0.119. The van der Waals surface area contributed by atoms with Gasteiger partial charge in [0, 0.05) is 19.0 Å². The standard InChI is InChI=1S/C13H19NO6S/c1-17-11-4-3-10(9-12(11)18-2)21(15,16)14-6-5-13-19-7-8-20-13/h3-4,9,13-14H,5-8H2,1-2H3. The molecule has 2 rings (SSSR count). The summed E-state index contributed by atoms with van der Waals surface area (Å²) in [5, 5.41) is 0. The second kappa shape index (κ2) is 7.08. The normalized spacial score (nSPS) is 16.1. The molecule has 1 aliphatic heterocycles. The zero-order valence-electron chi connectivity index (χ0n) is 12.0. The number of hydrogen-bond donors (Lipinski definition) is 1. The molecule has 0 unspecified atom stereocenters. The molecular weight excluding hydrogens is 298 g/mol. The lowest BCUT2D eigenvalue weighted by Crippen LogP contribution is -2.27. The number of hydrogen-bond acceptors (Lipinski definition) is 6. The highest BCUT2D eigenvalue weighted by Crippen LogP contribution is 2.29. The maximum absolute atomic E-state index is 12.2. The van der Waals surface area contributed by atoms with Crippen LogP contribution < -0.4 is 14.2 Å². The molecule has 1 aromatic carbocycles. The number of sulfonamides is 1. The van der Waals surface area contributed by atoms with Crippen molar-refractivity contribution in [3.05, 3.63) is 18.2 Å². The van der Waals surface area contributed by atoms with E-state index in [1.165, 1.54) is 26.4 Å². The lowest BCUT2D eigenvalue weighted by molar-refractivity contribution is -0.0451. The van der Waals surface area contributed by atoms with Crippen molar-refractivity contribution < 1.29 is 27.4 Å². The first-order valence-electron chi connectivity index (χ1n) is 6.51. The van der Waals surface area contributed by atoms with Gasteiger partial charge in [0.1, 0.15) is 0 Å². The van der Waals surface area contributed by atoms with Crippen molar-refractivity contribution >= 4 is 10.0 Å². The summed E-state index contributed by atoms with van der Waals surface area (Å²) in [6.45, 7) is 1.33. The predicted octanol–water partition coefficient (Wildman–Crippen LogP) is 0.745. The Hall–Kier alpha value is -1.35. The van der Waals surface area contributed by atoms with Crippen molar-refractivity contribution in [2.24, 2.45) is 0 Å². The first-order valence-corrected chi connectivity index (χ1v) is 8.00. The molecule has 118 valence electrons. The van der Waals surface area contributed by atoms with E-state index in [2.05, 4.69) is 4.72 Å². The van der Waals surface area contributed by atoms with Crippen LogP contribution in [0.25, 0.3) is 0 Å². The van der Waals surface area contributed by atoms with Crippen LogP contribution in [0.4, 0.5) is 0 Å². The Bertz CT molecular complexity index is 568. The molecule has 1 aliphatic rings. The van der Waals surface area contributed by atoms with Gasteiger partial charge in [-0.25, -0.2) is 13.1 Å². The summed E-state index contributed by atoms with van der Waals surface area (Å²) in [6, 6.07) is 4.44. The van der Waals surface area contributed by atoms with Crippen molar-refractivity contribution in [1.82, 2.24) is 4.72 Å². The summed E-state index contributed by atoms with van der Waals surface area (Å²) in [4.78, 5) is 0.119. The van der Waals surface area contributed by atoms with Gasteiger partial charge in [0.15, 0.2) is 17.8 Å². The molecule has 0 amide bonds. The molecular formula is C13H19NO6S. The van der Waals surface area contributed by atoms with Gasteiger partial charge in [-0.1, -0.05) is 0 Å². The fourth-order valence-electron chi connectivity index (χ4n) is 1.95. The molecule has 1 heterocycles. The Morgan fingerprint density at radius 3 is 2.48 bits per heavy atom. The summed E-state index contributed by atoms with van der Waals surface area (Å²) in [5.41, 5.74) is 0. The molecule has 1 saturated heterocycles. The van der Waals surface area contributed by atoms with Gasteiger partial charge in [-0.05, 0) is 12.1 Å². The lowest BCUT2D eigenvalue weighted by Gasteiger charge is -2.12. The summed E-state index contributed by atoms with van der Waals surface area (Å²) >= 11 is 0. The van der Waals surface area contributed by atoms with Crippen LogP contribution in [-0.2, 0) is 19.5 Å². The summed E-state index contributed by atoms with van der Waals surface area (Å²) in [7, 11) is -0.659. The van der Waals surface area contributed by atoms with Gasteiger partial charge >= 0.3 is 0 Å². The Morgan fingerprint density at radius 1 is 1.19 bits per heavy atom. The quantitative estimate of drug-likeness (QED) is 0.799. The monoisotopic (exact) mass is 317 g/mol. The first-order chi connectivity index (χ1) is 10.1. The van der Waals surface area contributed by atoms with Crippen molar-refractivity contribution in [1.29, 1.82) is 0 Å². The third-order valence-corrected chi connectivity index (χ3v) is 4.49. The molecule has 7 nitrogen and oxygen atoms in total. The highest BCUT2D eigenvalue weighted by molar-refractivity contribution is 7.89. The zero-order valence-corrected chi connectivity index (χ0v) is 12.8. The molecule has 1 aromatic rings. The van der Waals surface area contributed by atoms with E-state index in [0.717, 1.165) is 0 Å². The van der Waals surface area contributed by atoms with Crippen LogP contribution >= 0.6 is 0 Å². The van der Waals surface area contributed by atoms with E-state index in [1.54, 1.807) is 6.07 Å². The van der Waals surface area contributed by atoms with Crippen LogP contribution in [-0.4, -0.2) is 48.7 Å². The Balaban J connectivity index is 2.01. The van der Waals surface area contributed by atoms with E-state index in [1.807, 2.05) is 0 Å². The van der Waals surface area contributed by atoms with Gasteiger partial charge in [0.05, 0.1) is 32.3 Å². The van der Waals surface area contributed by atoms with Crippen LogP contribution in [0.1, 0.15) is 6.42 Å². The SMILES string of the molecule is COc1ccc(S(=O)(=O)NCCC2OCCO2)cc1OC. The maximum atomic E-state index is 12.2. The second-order valence-corrected chi connectivity index (χ2v) is 6.14. The van der Waals surface area contributed by atoms with Gasteiger partial charge in [0.2, 0.25) is 10.0 Å². The van der Waals surface area contributed by atoms with E-state index in [9.17, 15) is 8.42 Å². The highest BCUT2D eigenvalue weighted by atomic mass is 32.2. The van der Waals surface area contributed by atoms with Gasteiger partial charge < -0.3 is 18.9 Å². The zero-order chi connectivity index (χ0) is 15.3. The Kier molecular flexibility index (Phi) is 5.40. The number of methoxy groups -OCH3 is 2. The Labute approximate surface area is 124 Å². The smallest absolute Gasteiger partial charge is 0.240 e. The predicted molar refractivity (Wildman–Crippen MR) is 75.0 cm³/mol.